The molecule has 0 aromatic heterocycles. The molecule has 0 spiro atoms. The summed E-state index contributed by atoms with van der Waals surface area (Å²) in [4.78, 5) is 12.2. The Kier molecular flexibility index (Phi) is 7.75. The van der Waals surface area contributed by atoms with Crippen LogP contribution >= 0.6 is 11.6 Å². The Labute approximate surface area is 148 Å². The Hall–Kier alpha value is -1.88. The second-order valence-corrected chi connectivity index (χ2v) is 5.83. The molecule has 0 atom stereocenters. The third-order valence-corrected chi connectivity index (χ3v) is 3.72. The van der Waals surface area contributed by atoms with Gasteiger partial charge in [-0.15, -0.1) is 0 Å². The Morgan fingerprint density at radius 1 is 1.17 bits per heavy atom. The molecule has 0 bridgehead atoms. The van der Waals surface area contributed by atoms with Gasteiger partial charge in [-0.05, 0) is 61.9 Å². The van der Waals surface area contributed by atoms with E-state index in [0.717, 1.165) is 44.0 Å². The zero-order chi connectivity index (χ0) is 17.2. The van der Waals surface area contributed by atoms with E-state index in [1.807, 2.05) is 31.2 Å². The third-order valence-electron chi connectivity index (χ3n) is 3.47. The maximum Gasteiger partial charge on any atom is 0.255 e. The lowest BCUT2D eigenvalue weighted by Gasteiger charge is -2.09. The molecule has 0 aliphatic heterocycles. The number of benzene rings is 2. The van der Waals surface area contributed by atoms with Gasteiger partial charge >= 0.3 is 0 Å². The maximum atomic E-state index is 12.2. The van der Waals surface area contributed by atoms with E-state index in [2.05, 4.69) is 10.6 Å². The van der Waals surface area contributed by atoms with Crippen LogP contribution in [-0.2, 0) is 11.3 Å². The van der Waals surface area contributed by atoms with Gasteiger partial charge in [0, 0.05) is 36.0 Å². The van der Waals surface area contributed by atoms with Gasteiger partial charge in [0.05, 0.1) is 0 Å². The summed E-state index contributed by atoms with van der Waals surface area (Å²) >= 11 is 5.84. The van der Waals surface area contributed by atoms with Crippen molar-refractivity contribution in [3.8, 4) is 0 Å². The molecule has 5 heteroatoms. The molecule has 4 nitrogen and oxygen atoms in total. The normalized spacial score (nSPS) is 10.6. The standard InChI is InChI=1S/C19H23ClN2O2/c1-2-24-12-4-11-21-14-15-5-3-6-18(13-15)22-19(23)16-7-9-17(20)10-8-16/h3,5-10,13,21H,2,4,11-12,14H2,1H3,(H,22,23). The number of ether oxygens (including phenoxy) is 1. The van der Waals surface area contributed by atoms with Gasteiger partial charge in [-0.25, -0.2) is 0 Å². The second kappa shape index (κ2) is 10.1. The van der Waals surface area contributed by atoms with E-state index in [-0.39, 0.29) is 5.91 Å². The lowest BCUT2D eigenvalue weighted by molar-refractivity contribution is 0.102. The quantitative estimate of drug-likeness (QED) is 0.672. The van der Waals surface area contributed by atoms with E-state index < -0.39 is 0 Å². The lowest BCUT2D eigenvalue weighted by atomic mass is 10.1. The van der Waals surface area contributed by atoms with Crippen molar-refractivity contribution in [3.63, 3.8) is 0 Å². The van der Waals surface area contributed by atoms with Crippen LogP contribution in [0.2, 0.25) is 5.02 Å². The zero-order valence-electron chi connectivity index (χ0n) is 13.8. The van der Waals surface area contributed by atoms with Gasteiger partial charge in [0.1, 0.15) is 0 Å². The van der Waals surface area contributed by atoms with Crippen LogP contribution in [0.1, 0.15) is 29.3 Å². The monoisotopic (exact) mass is 346 g/mol. The molecule has 0 unspecified atom stereocenters. The summed E-state index contributed by atoms with van der Waals surface area (Å²) in [5, 5.41) is 6.89. The third kappa shape index (κ3) is 6.32. The first-order chi connectivity index (χ1) is 11.7. The minimum Gasteiger partial charge on any atom is -0.382 e. The summed E-state index contributed by atoms with van der Waals surface area (Å²) in [6, 6.07) is 14.7. The van der Waals surface area contributed by atoms with E-state index in [1.54, 1.807) is 24.3 Å². The predicted octanol–water partition coefficient (Wildman–Crippen LogP) is 4.11. The first-order valence-corrected chi connectivity index (χ1v) is 8.51. The summed E-state index contributed by atoms with van der Waals surface area (Å²) in [6.07, 6.45) is 0.987. The summed E-state index contributed by atoms with van der Waals surface area (Å²) in [6.45, 7) is 5.20. The molecule has 0 saturated carbocycles. The zero-order valence-corrected chi connectivity index (χ0v) is 14.6. The van der Waals surface area contributed by atoms with Crippen LogP contribution in [0.25, 0.3) is 0 Å². The van der Waals surface area contributed by atoms with E-state index in [1.165, 1.54) is 0 Å². The first kappa shape index (κ1) is 18.5. The molecule has 0 saturated heterocycles. The number of carbonyl (C=O) groups excluding carboxylic acids is 1. The van der Waals surface area contributed by atoms with Crippen molar-refractivity contribution >= 4 is 23.2 Å². The fourth-order valence-corrected chi connectivity index (χ4v) is 2.37. The molecule has 0 fully saturated rings. The van der Waals surface area contributed by atoms with Gasteiger partial charge in [0.15, 0.2) is 0 Å². The molecule has 0 aliphatic rings. The number of nitrogens with one attached hydrogen (secondary N) is 2. The smallest absolute Gasteiger partial charge is 0.255 e. The highest BCUT2D eigenvalue weighted by atomic mass is 35.5. The van der Waals surface area contributed by atoms with Crippen LogP contribution in [0.15, 0.2) is 48.5 Å². The molecule has 0 aliphatic carbocycles. The molecule has 0 heterocycles. The van der Waals surface area contributed by atoms with E-state index in [9.17, 15) is 4.79 Å². The number of carbonyl (C=O) groups is 1. The van der Waals surface area contributed by atoms with Gasteiger partial charge in [0.25, 0.3) is 5.91 Å². The average Bonchev–Trinajstić information content (AvgIpc) is 2.59. The number of halogens is 1. The SMILES string of the molecule is CCOCCCNCc1cccc(NC(=O)c2ccc(Cl)cc2)c1. The fourth-order valence-electron chi connectivity index (χ4n) is 2.24. The van der Waals surface area contributed by atoms with Gasteiger partial charge in [0.2, 0.25) is 0 Å². The van der Waals surface area contributed by atoms with Crippen LogP contribution in [0.4, 0.5) is 5.69 Å². The van der Waals surface area contributed by atoms with Crippen molar-refractivity contribution in [1.29, 1.82) is 0 Å². The van der Waals surface area contributed by atoms with Crippen molar-refractivity contribution in [1.82, 2.24) is 5.32 Å². The Morgan fingerprint density at radius 2 is 1.96 bits per heavy atom. The minimum absolute atomic E-state index is 0.145. The maximum absolute atomic E-state index is 12.2. The van der Waals surface area contributed by atoms with Crippen LogP contribution in [-0.4, -0.2) is 25.7 Å². The van der Waals surface area contributed by atoms with E-state index in [0.29, 0.717) is 10.6 Å². The van der Waals surface area contributed by atoms with Gasteiger partial charge in [-0.1, -0.05) is 23.7 Å². The molecule has 2 N–H and O–H groups in total. The van der Waals surface area contributed by atoms with Gasteiger partial charge < -0.3 is 15.4 Å². The highest BCUT2D eigenvalue weighted by Crippen LogP contribution is 2.14. The van der Waals surface area contributed by atoms with Crippen molar-refractivity contribution in [2.24, 2.45) is 0 Å². The second-order valence-electron chi connectivity index (χ2n) is 5.39. The summed E-state index contributed by atoms with van der Waals surface area (Å²) in [5.74, 6) is -0.145. The van der Waals surface area contributed by atoms with E-state index >= 15 is 0 Å². The number of hydrogen-bond acceptors (Lipinski definition) is 3. The highest BCUT2D eigenvalue weighted by molar-refractivity contribution is 6.30. The van der Waals surface area contributed by atoms with Crippen molar-refractivity contribution in [3.05, 3.63) is 64.7 Å². The average molecular weight is 347 g/mol. The molecule has 24 heavy (non-hydrogen) atoms. The number of anilines is 1. The van der Waals surface area contributed by atoms with Crippen molar-refractivity contribution in [2.75, 3.05) is 25.1 Å². The van der Waals surface area contributed by atoms with Gasteiger partial charge in [-0.2, -0.15) is 0 Å². The molecule has 2 aromatic rings. The summed E-state index contributed by atoms with van der Waals surface area (Å²) in [7, 11) is 0. The first-order valence-electron chi connectivity index (χ1n) is 8.13. The molecule has 2 rings (SSSR count). The lowest BCUT2D eigenvalue weighted by Crippen LogP contribution is -2.17. The van der Waals surface area contributed by atoms with Crippen LogP contribution in [0.3, 0.4) is 0 Å². The number of amides is 1. The highest BCUT2D eigenvalue weighted by Gasteiger charge is 2.06. The molecular formula is C19H23ClN2O2. The van der Waals surface area contributed by atoms with Crippen molar-refractivity contribution < 1.29 is 9.53 Å². The molecule has 2 aromatic carbocycles. The van der Waals surface area contributed by atoms with E-state index in [4.69, 9.17) is 16.3 Å². The molecule has 0 radical (unpaired) electrons. The Morgan fingerprint density at radius 3 is 2.71 bits per heavy atom. The minimum atomic E-state index is -0.145. The van der Waals surface area contributed by atoms with Gasteiger partial charge in [-0.3, -0.25) is 4.79 Å². The fraction of sp³-hybridized carbons (Fsp3) is 0.316. The molecular weight excluding hydrogens is 324 g/mol. The molecule has 128 valence electrons. The topological polar surface area (TPSA) is 50.4 Å². The van der Waals surface area contributed by atoms with Crippen LogP contribution in [0, 0.1) is 0 Å². The summed E-state index contributed by atoms with van der Waals surface area (Å²) < 4.78 is 5.30. The summed E-state index contributed by atoms with van der Waals surface area (Å²) in [5.41, 5.74) is 2.49. The number of hydrogen-bond donors (Lipinski definition) is 2. The number of rotatable bonds is 9. The van der Waals surface area contributed by atoms with Crippen LogP contribution < -0.4 is 10.6 Å². The Bertz CT molecular complexity index is 644. The van der Waals surface area contributed by atoms with Crippen LogP contribution in [0.5, 0.6) is 0 Å². The van der Waals surface area contributed by atoms with Crippen molar-refractivity contribution in [2.45, 2.75) is 19.9 Å². The largest absolute Gasteiger partial charge is 0.382 e. The Balaban J connectivity index is 1.83. The molecule has 1 amide bonds. The predicted molar refractivity (Wildman–Crippen MR) is 98.7 cm³/mol.